The summed E-state index contributed by atoms with van der Waals surface area (Å²) in [4.78, 5) is 13.4. The minimum Gasteiger partial charge on any atom is -0.363 e. The Hall–Kier alpha value is -2.46. The molecule has 2 aromatic rings. The molecule has 2 aromatic heterocycles. The van der Waals surface area contributed by atoms with Gasteiger partial charge in [-0.25, -0.2) is 15.0 Å². The standard InChI is InChI=1S/C16H19N7/c1-16(2-3-16)23-14-13-9(4-12(7-17)20-14)8-19-15(22-13)21-11-5-10(18)6-11/h4,8,10-11H,2-3,5-6,18H2,1H3,(H,20,23)(H,19,21,22)/t10-,11-. The summed E-state index contributed by atoms with van der Waals surface area (Å²) in [5, 5.41) is 16.7. The molecule has 0 aromatic carbocycles. The molecule has 0 unspecified atom stereocenters. The lowest BCUT2D eigenvalue weighted by Crippen LogP contribution is -2.44. The van der Waals surface area contributed by atoms with Crippen LogP contribution in [0.15, 0.2) is 12.3 Å². The number of aromatic nitrogens is 3. The van der Waals surface area contributed by atoms with E-state index in [0.717, 1.165) is 36.6 Å². The van der Waals surface area contributed by atoms with Crippen LogP contribution in [0.5, 0.6) is 0 Å². The predicted molar refractivity (Wildman–Crippen MR) is 87.9 cm³/mol. The first kappa shape index (κ1) is 14.2. The second kappa shape index (κ2) is 5.03. The van der Waals surface area contributed by atoms with Gasteiger partial charge in [0, 0.05) is 29.2 Å². The van der Waals surface area contributed by atoms with E-state index in [1.54, 1.807) is 12.3 Å². The monoisotopic (exact) mass is 309 g/mol. The van der Waals surface area contributed by atoms with Crippen molar-refractivity contribution in [1.82, 2.24) is 15.0 Å². The van der Waals surface area contributed by atoms with E-state index in [4.69, 9.17) is 11.0 Å². The minimum atomic E-state index is 0.0628. The number of rotatable bonds is 4. The van der Waals surface area contributed by atoms with Crippen LogP contribution in [-0.2, 0) is 0 Å². The zero-order valence-corrected chi connectivity index (χ0v) is 13.0. The molecule has 0 atom stereocenters. The Morgan fingerprint density at radius 3 is 2.78 bits per heavy atom. The molecule has 2 aliphatic rings. The first-order valence-corrected chi connectivity index (χ1v) is 7.93. The van der Waals surface area contributed by atoms with Crippen molar-refractivity contribution in [2.45, 2.75) is 50.2 Å². The third kappa shape index (κ3) is 2.78. The Morgan fingerprint density at radius 2 is 2.13 bits per heavy atom. The van der Waals surface area contributed by atoms with Crippen molar-refractivity contribution < 1.29 is 0 Å². The quantitative estimate of drug-likeness (QED) is 0.788. The third-order valence-corrected chi connectivity index (χ3v) is 4.61. The van der Waals surface area contributed by atoms with E-state index < -0.39 is 0 Å². The van der Waals surface area contributed by atoms with Crippen LogP contribution in [0.4, 0.5) is 11.8 Å². The summed E-state index contributed by atoms with van der Waals surface area (Å²) in [6.45, 7) is 2.15. The number of pyridine rings is 1. The zero-order chi connectivity index (χ0) is 16.0. The van der Waals surface area contributed by atoms with E-state index in [9.17, 15) is 0 Å². The van der Waals surface area contributed by atoms with Crippen molar-refractivity contribution in [3.8, 4) is 6.07 Å². The van der Waals surface area contributed by atoms with E-state index >= 15 is 0 Å². The molecule has 0 saturated heterocycles. The number of nitrogens with two attached hydrogens (primary N) is 1. The first-order chi connectivity index (χ1) is 11.0. The smallest absolute Gasteiger partial charge is 0.223 e. The van der Waals surface area contributed by atoms with Gasteiger partial charge in [-0.1, -0.05) is 0 Å². The van der Waals surface area contributed by atoms with Gasteiger partial charge in [-0.15, -0.1) is 0 Å². The Kier molecular flexibility index (Phi) is 3.10. The molecule has 7 nitrogen and oxygen atoms in total. The van der Waals surface area contributed by atoms with Crippen molar-refractivity contribution in [2.75, 3.05) is 10.6 Å². The van der Waals surface area contributed by atoms with Gasteiger partial charge in [0.05, 0.1) is 0 Å². The summed E-state index contributed by atoms with van der Waals surface area (Å²) in [6.07, 6.45) is 5.82. The van der Waals surface area contributed by atoms with E-state index in [1.165, 1.54) is 0 Å². The van der Waals surface area contributed by atoms with Crippen molar-refractivity contribution >= 4 is 22.7 Å². The molecule has 2 heterocycles. The summed E-state index contributed by atoms with van der Waals surface area (Å²) in [5.41, 5.74) is 7.00. The maximum Gasteiger partial charge on any atom is 0.223 e. The van der Waals surface area contributed by atoms with E-state index in [1.807, 2.05) is 0 Å². The highest BCUT2D eigenvalue weighted by Gasteiger charge is 2.38. The van der Waals surface area contributed by atoms with Crippen molar-refractivity contribution in [2.24, 2.45) is 5.73 Å². The number of hydrogen-bond donors (Lipinski definition) is 3. The Bertz CT molecular complexity index is 800. The SMILES string of the molecule is CC1(Nc2nc(C#N)cc3cnc(N[C@H]4C[C@H](N)C4)nc23)CC1. The van der Waals surface area contributed by atoms with Gasteiger partial charge in [0.15, 0.2) is 5.82 Å². The Labute approximate surface area is 134 Å². The maximum absolute atomic E-state index is 9.17. The predicted octanol–water partition coefficient (Wildman–Crippen LogP) is 1.76. The second-order valence-electron chi connectivity index (χ2n) is 6.86. The number of nitriles is 1. The fourth-order valence-corrected chi connectivity index (χ4v) is 2.81. The zero-order valence-electron chi connectivity index (χ0n) is 13.0. The number of nitrogens with zero attached hydrogens (tertiary/aromatic N) is 4. The fourth-order valence-electron chi connectivity index (χ4n) is 2.81. The first-order valence-electron chi connectivity index (χ1n) is 7.93. The average molecular weight is 309 g/mol. The number of fused-ring (bicyclic) bond motifs is 1. The van der Waals surface area contributed by atoms with Crippen LogP contribution >= 0.6 is 0 Å². The molecule has 0 bridgehead atoms. The van der Waals surface area contributed by atoms with Crippen LogP contribution in [0.2, 0.25) is 0 Å². The highest BCUT2D eigenvalue weighted by atomic mass is 15.2. The summed E-state index contributed by atoms with van der Waals surface area (Å²) < 4.78 is 0. The maximum atomic E-state index is 9.17. The molecule has 118 valence electrons. The van der Waals surface area contributed by atoms with Crippen LogP contribution in [0.25, 0.3) is 10.9 Å². The van der Waals surface area contributed by atoms with Gasteiger partial charge in [0.25, 0.3) is 0 Å². The van der Waals surface area contributed by atoms with E-state index in [2.05, 4.69) is 38.6 Å². The van der Waals surface area contributed by atoms with Gasteiger partial charge in [-0.05, 0) is 38.7 Å². The van der Waals surface area contributed by atoms with Gasteiger partial charge < -0.3 is 16.4 Å². The molecule has 0 spiro atoms. The summed E-state index contributed by atoms with van der Waals surface area (Å²) in [7, 11) is 0. The number of anilines is 2. The summed E-state index contributed by atoms with van der Waals surface area (Å²) in [6, 6.07) is 4.44. The van der Waals surface area contributed by atoms with Crippen LogP contribution in [0, 0.1) is 11.3 Å². The number of hydrogen-bond acceptors (Lipinski definition) is 7. The lowest BCUT2D eigenvalue weighted by molar-refractivity contribution is 0.372. The Morgan fingerprint density at radius 1 is 1.35 bits per heavy atom. The lowest BCUT2D eigenvalue weighted by atomic mass is 9.88. The van der Waals surface area contributed by atoms with Gasteiger partial charge in [0.2, 0.25) is 5.95 Å². The number of nitrogens with one attached hydrogen (secondary N) is 2. The van der Waals surface area contributed by atoms with Crippen molar-refractivity contribution in [3.05, 3.63) is 18.0 Å². The van der Waals surface area contributed by atoms with Crippen LogP contribution < -0.4 is 16.4 Å². The third-order valence-electron chi connectivity index (χ3n) is 4.61. The molecule has 2 fully saturated rings. The van der Waals surface area contributed by atoms with E-state index in [-0.39, 0.29) is 11.6 Å². The van der Waals surface area contributed by atoms with Crippen molar-refractivity contribution in [1.29, 1.82) is 5.26 Å². The molecule has 2 saturated carbocycles. The Balaban J connectivity index is 1.70. The van der Waals surface area contributed by atoms with Gasteiger partial charge in [-0.3, -0.25) is 0 Å². The summed E-state index contributed by atoms with van der Waals surface area (Å²) in [5.74, 6) is 1.25. The van der Waals surface area contributed by atoms with Gasteiger partial charge >= 0.3 is 0 Å². The van der Waals surface area contributed by atoms with Crippen LogP contribution in [0.1, 0.15) is 38.3 Å². The summed E-state index contributed by atoms with van der Waals surface area (Å²) >= 11 is 0. The molecular weight excluding hydrogens is 290 g/mol. The van der Waals surface area contributed by atoms with Crippen LogP contribution in [0.3, 0.4) is 0 Å². The largest absolute Gasteiger partial charge is 0.363 e. The minimum absolute atomic E-state index is 0.0628. The topological polar surface area (TPSA) is 113 Å². The molecule has 23 heavy (non-hydrogen) atoms. The molecule has 0 amide bonds. The normalized spacial score (nSPS) is 24.6. The molecular formula is C16H19N7. The van der Waals surface area contributed by atoms with E-state index in [0.29, 0.717) is 23.5 Å². The van der Waals surface area contributed by atoms with Crippen LogP contribution in [-0.4, -0.2) is 32.6 Å². The molecule has 4 N–H and O–H groups in total. The van der Waals surface area contributed by atoms with Gasteiger partial charge in [-0.2, -0.15) is 5.26 Å². The highest BCUT2D eigenvalue weighted by Crippen LogP contribution is 2.39. The molecule has 0 aliphatic heterocycles. The fraction of sp³-hybridized carbons (Fsp3) is 0.500. The second-order valence-corrected chi connectivity index (χ2v) is 6.86. The average Bonchev–Trinajstić information content (AvgIpc) is 3.23. The molecule has 2 aliphatic carbocycles. The highest BCUT2D eigenvalue weighted by molar-refractivity contribution is 5.89. The molecule has 0 radical (unpaired) electrons. The molecule has 7 heteroatoms. The molecule has 4 rings (SSSR count). The van der Waals surface area contributed by atoms with Gasteiger partial charge in [0.1, 0.15) is 17.3 Å². The van der Waals surface area contributed by atoms with Crippen molar-refractivity contribution in [3.63, 3.8) is 0 Å². The lowest BCUT2D eigenvalue weighted by Gasteiger charge is -2.32.